The fraction of sp³-hybridized carbons (Fsp3) is 0.0870. The number of benzene rings is 3. The topological polar surface area (TPSA) is 68.3 Å². The molecule has 5 nitrogen and oxygen atoms in total. The maximum Gasteiger partial charge on any atom is 0.338 e. The maximum atomic E-state index is 12.5. The zero-order valence-corrected chi connectivity index (χ0v) is 16.3. The van der Waals surface area contributed by atoms with Gasteiger partial charge in [-0.2, -0.15) is 0 Å². The second-order valence-corrected chi connectivity index (χ2v) is 7.46. The van der Waals surface area contributed by atoms with Crippen LogP contribution in [0.2, 0.25) is 0 Å². The SMILES string of the molecule is O=C(COC(=O)c1ccccc1Cc1ccccc1)Nc1nc2ccccc2s1. The van der Waals surface area contributed by atoms with Gasteiger partial charge in [-0.3, -0.25) is 10.1 Å². The molecule has 0 unspecified atom stereocenters. The van der Waals surface area contributed by atoms with Gasteiger partial charge in [0.15, 0.2) is 11.7 Å². The molecule has 0 atom stereocenters. The third kappa shape index (κ3) is 4.67. The number of thiazole rings is 1. The van der Waals surface area contributed by atoms with Crippen LogP contribution < -0.4 is 5.32 Å². The predicted molar refractivity (Wildman–Crippen MR) is 114 cm³/mol. The van der Waals surface area contributed by atoms with Crippen LogP contribution in [-0.2, 0) is 16.0 Å². The largest absolute Gasteiger partial charge is 0.452 e. The fourth-order valence-electron chi connectivity index (χ4n) is 2.98. The molecule has 3 aromatic carbocycles. The number of amides is 1. The van der Waals surface area contributed by atoms with Crippen LogP contribution in [0.5, 0.6) is 0 Å². The summed E-state index contributed by atoms with van der Waals surface area (Å²) in [4.78, 5) is 29.1. The van der Waals surface area contributed by atoms with Gasteiger partial charge in [-0.15, -0.1) is 0 Å². The van der Waals surface area contributed by atoms with Crippen LogP contribution in [0.25, 0.3) is 10.2 Å². The van der Waals surface area contributed by atoms with Crippen molar-refractivity contribution in [3.05, 3.63) is 95.6 Å². The van der Waals surface area contributed by atoms with Gasteiger partial charge < -0.3 is 4.74 Å². The molecule has 0 spiro atoms. The number of para-hydroxylation sites is 1. The van der Waals surface area contributed by atoms with Crippen molar-refractivity contribution in [2.24, 2.45) is 0 Å². The lowest BCUT2D eigenvalue weighted by Crippen LogP contribution is -2.21. The van der Waals surface area contributed by atoms with Gasteiger partial charge in [0, 0.05) is 0 Å². The van der Waals surface area contributed by atoms with Crippen molar-refractivity contribution in [1.29, 1.82) is 0 Å². The molecule has 4 aromatic rings. The van der Waals surface area contributed by atoms with Gasteiger partial charge in [0.05, 0.1) is 15.8 Å². The molecular formula is C23H18N2O3S. The number of aromatic nitrogens is 1. The molecular weight excluding hydrogens is 384 g/mol. The van der Waals surface area contributed by atoms with Gasteiger partial charge in [0.1, 0.15) is 0 Å². The Morgan fingerprint density at radius 1 is 0.897 bits per heavy atom. The summed E-state index contributed by atoms with van der Waals surface area (Å²) in [7, 11) is 0. The molecule has 1 heterocycles. The molecule has 0 fully saturated rings. The summed E-state index contributed by atoms with van der Waals surface area (Å²) >= 11 is 1.38. The van der Waals surface area contributed by atoms with E-state index in [0.29, 0.717) is 17.1 Å². The highest BCUT2D eigenvalue weighted by Crippen LogP contribution is 2.25. The minimum absolute atomic E-state index is 0.367. The van der Waals surface area contributed by atoms with E-state index >= 15 is 0 Å². The average Bonchev–Trinajstić information content (AvgIpc) is 3.15. The molecule has 0 saturated carbocycles. The highest BCUT2D eigenvalue weighted by Gasteiger charge is 2.15. The summed E-state index contributed by atoms with van der Waals surface area (Å²) in [6, 6.07) is 24.8. The second-order valence-electron chi connectivity index (χ2n) is 6.43. The Bertz CT molecular complexity index is 1120. The van der Waals surface area contributed by atoms with Crippen molar-refractivity contribution in [3.63, 3.8) is 0 Å². The lowest BCUT2D eigenvalue weighted by atomic mass is 10.00. The number of nitrogens with one attached hydrogen (secondary N) is 1. The van der Waals surface area contributed by atoms with Crippen molar-refractivity contribution in [3.8, 4) is 0 Å². The predicted octanol–water partition coefficient (Wildman–Crippen LogP) is 4.68. The van der Waals surface area contributed by atoms with Crippen molar-refractivity contribution >= 4 is 38.6 Å². The van der Waals surface area contributed by atoms with Crippen LogP contribution in [0.4, 0.5) is 5.13 Å². The zero-order valence-electron chi connectivity index (χ0n) is 15.5. The summed E-state index contributed by atoms with van der Waals surface area (Å²) in [6.45, 7) is -0.367. The minimum atomic E-state index is -0.518. The monoisotopic (exact) mass is 402 g/mol. The van der Waals surface area contributed by atoms with E-state index in [1.54, 1.807) is 12.1 Å². The molecule has 1 N–H and O–H groups in total. The van der Waals surface area contributed by atoms with E-state index in [0.717, 1.165) is 21.3 Å². The molecule has 0 aliphatic carbocycles. The molecule has 0 bridgehead atoms. The van der Waals surface area contributed by atoms with Gasteiger partial charge in [0.25, 0.3) is 5.91 Å². The van der Waals surface area contributed by atoms with E-state index in [1.165, 1.54) is 11.3 Å². The Kier molecular flexibility index (Phi) is 5.63. The Labute approximate surface area is 172 Å². The molecule has 0 saturated heterocycles. The summed E-state index contributed by atoms with van der Waals surface area (Å²) < 4.78 is 6.22. The molecule has 1 amide bonds. The van der Waals surface area contributed by atoms with Crippen LogP contribution in [0.1, 0.15) is 21.5 Å². The molecule has 0 radical (unpaired) electrons. The van der Waals surface area contributed by atoms with Crippen molar-refractivity contribution in [1.82, 2.24) is 4.98 Å². The Balaban J connectivity index is 1.38. The Morgan fingerprint density at radius 3 is 2.45 bits per heavy atom. The first kappa shape index (κ1) is 18.8. The van der Waals surface area contributed by atoms with Crippen molar-refractivity contribution < 1.29 is 14.3 Å². The van der Waals surface area contributed by atoms with E-state index in [4.69, 9.17) is 4.74 Å². The van der Waals surface area contributed by atoms with E-state index < -0.39 is 11.9 Å². The average molecular weight is 402 g/mol. The molecule has 6 heteroatoms. The maximum absolute atomic E-state index is 12.5. The number of hydrogen-bond donors (Lipinski definition) is 1. The third-order valence-electron chi connectivity index (χ3n) is 4.35. The Hall–Kier alpha value is -3.51. The summed E-state index contributed by atoms with van der Waals surface area (Å²) in [5.41, 5.74) is 3.24. The third-order valence-corrected chi connectivity index (χ3v) is 5.30. The number of esters is 1. The highest BCUT2D eigenvalue weighted by molar-refractivity contribution is 7.22. The zero-order chi connectivity index (χ0) is 20.1. The second kappa shape index (κ2) is 8.67. The highest BCUT2D eigenvalue weighted by atomic mass is 32.1. The normalized spacial score (nSPS) is 10.6. The lowest BCUT2D eigenvalue weighted by Gasteiger charge is -2.09. The van der Waals surface area contributed by atoms with Gasteiger partial charge in [0.2, 0.25) is 0 Å². The molecule has 1 aromatic heterocycles. The first-order valence-electron chi connectivity index (χ1n) is 9.13. The van der Waals surface area contributed by atoms with E-state index in [2.05, 4.69) is 10.3 Å². The van der Waals surface area contributed by atoms with E-state index in [9.17, 15) is 9.59 Å². The van der Waals surface area contributed by atoms with Crippen molar-refractivity contribution in [2.75, 3.05) is 11.9 Å². The standard InChI is InChI=1S/C23H18N2O3S/c26-21(25-23-24-19-12-6-7-13-20(19)29-23)15-28-22(27)18-11-5-4-10-17(18)14-16-8-2-1-3-9-16/h1-13H,14-15H2,(H,24,25,26). The fourth-order valence-corrected chi connectivity index (χ4v) is 3.86. The smallest absolute Gasteiger partial charge is 0.338 e. The number of nitrogens with zero attached hydrogens (tertiary/aromatic N) is 1. The molecule has 0 aliphatic heterocycles. The quantitative estimate of drug-likeness (QED) is 0.476. The van der Waals surface area contributed by atoms with E-state index in [-0.39, 0.29) is 6.61 Å². The molecule has 29 heavy (non-hydrogen) atoms. The number of carbonyl (C=O) groups excluding carboxylic acids is 2. The number of fused-ring (bicyclic) bond motifs is 1. The minimum Gasteiger partial charge on any atom is -0.452 e. The van der Waals surface area contributed by atoms with Gasteiger partial charge in [-0.25, -0.2) is 9.78 Å². The van der Waals surface area contributed by atoms with Crippen LogP contribution in [-0.4, -0.2) is 23.5 Å². The van der Waals surface area contributed by atoms with Crippen LogP contribution >= 0.6 is 11.3 Å². The molecule has 4 rings (SSSR count). The number of rotatable bonds is 6. The molecule has 0 aliphatic rings. The number of ether oxygens (including phenoxy) is 1. The van der Waals surface area contributed by atoms with Crippen LogP contribution in [0.3, 0.4) is 0 Å². The summed E-state index contributed by atoms with van der Waals surface area (Å²) in [6.07, 6.45) is 0.615. The van der Waals surface area contributed by atoms with Gasteiger partial charge in [-0.1, -0.05) is 72.0 Å². The first-order chi connectivity index (χ1) is 14.2. The number of hydrogen-bond acceptors (Lipinski definition) is 5. The summed E-state index contributed by atoms with van der Waals surface area (Å²) in [5.74, 6) is -0.936. The van der Waals surface area contributed by atoms with Gasteiger partial charge in [-0.05, 0) is 35.7 Å². The Morgan fingerprint density at radius 2 is 1.62 bits per heavy atom. The van der Waals surface area contributed by atoms with Crippen molar-refractivity contribution in [2.45, 2.75) is 6.42 Å². The summed E-state index contributed by atoms with van der Waals surface area (Å²) in [5, 5.41) is 3.17. The number of carbonyl (C=O) groups is 2. The number of anilines is 1. The van der Waals surface area contributed by atoms with E-state index in [1.807, 2.05) is 66.7 Å². The lowest BCUT2D eigenvalue weighted by molar-refractivity contribution is -0.119. The molecule has 144 valence electrons. The van der Waals surface area contributed by atoms with Crippen LogP contribution in [0.15, 0.2) is 78.9 Å². The van der Waals surface area contributed by atoms with Crippen LogP contribution in [0, 0.1) is 0 Å². The first-order valence-corrected chi connectivity index (χ1v) is 9.95. The van der Waals surface area contributed by atoms with Gasteiger partial charge >= 0.3 is 5.97 Å².